The van der Waals surface area contributed by atoms with Crippen molar-refractivity contribution >= 4 is 29.3 Å². The van der Waals surface area contributed by atoms with E-state index in [1.807, 2.05) is 0 Å². The summed E-state index contributed by atoms with van der Waals surface area (Å²) in [4.78, 5) is 27.4. The topological polar surface area (TPSA) is 117 Å². The SMILES string of the molecule is O=C(NCCNc1noc(-c2ccc(Cl)cc2)c1C(=O)O)c1ccncc1. The van der Waals surface area contributed by atoms with Crippen molar-refractivity contribution in [2.75, 3.05) is 18.4 Å². The van der Waals surface area contributed by atoms with Gasteiger partial charge in [0.05, 0.1) is 0 Å². The molecule has 0 atom stereocenters. The molecular formula is C18H15ClN4O4. The molecule has 0 aliphatic heterocycles. The second kappa shape index (κ2) is 8.33. The number of carboxylic acid groups (broad SMARTS) is 1. The molecule has 1 aromatic carbocycles. The van der Waals surface area contributed by atoms with Crippen molar-refractivity contribution in [2.45, 2.75) is 0 Å². The Hall–Kier alpha value is -3.39. The van der Waals surface area contributed by atoms with Gasteiger partial charge in [-0.1, -0.05) is 16.8 Å². The Kier molecular flexibility index (Phi) is 5.68. The molecule has 2 heterocycles. The van der Waals surface area contributed by atoms with E-state index >= 15 is 0 Å². The minimum absolute atomic E-state index is 0.0854. The number of nitrogens with zero attached hydrogens (tertiary/aromatic N) is 2. The van der Waals surface area contributed by atoms with Crippen LogP contribution >= 0.6 is 11.6 Å². The van der Waals surface area contributed by atoms with E-state index in [-0.39, 0.29) is 36.1 Å². The lowest BCUT2D eigenvalue weighted by molar-refractivity contribution is 0.0697. The second-order valence-electron chi connectivity index (χ2n) is 5.47. The first kappa shape index (κ1) is 18.4. The second-order valence-corrected chi connectivity index (χ2v) is 5.90. The molecule has 0 bridgehead atoms. The predicted molar refractivity (Wildman–Crippen MR) is 99.0 cm³/mol. The molecule has 2 aromatic heterocycles. The van der Waals surface area contributed by atoms with E-state index in [0.717, 1.165) is 0 Å². The van der Waals surface area contributed by atoms with E-state index < -0.39 is 5.97 Å². The van der Waals surface area contributed by atoms with E-state index in [4.69, 9.17) is 16.1 Å². The largest absolute Gasteiger partial charge is 0.477 e. The molecule has 0 radical (unpaired) electrons. The molecule has 0 unspecified atom stereocenters. The van der Waals surface area contributed by atoms with Gasteiger partial charge in [0, 0.05) is 41.6 Å². The Bertz CT molecular complexity index is 942. The summed E-state index contributed by atoms with van der Waals surface area (Å²) in [6.07, 6.45) is 3.06. The average Bonchev–Trinajstić information content (AvgIpc) is 3.10. The fourth-order valence-corrected chi connectivity index (χ4v) is 2.50. The molecule has 0 aliphatic carbocycles. The van der Waals surface area contributed by atoms with E-state index in [9.17, 15) is 14.7 Å². The minimum atomic E-state index is -1.18. The number of aromatic carboxylic acids is 1. The van der Waals surface area contributed by atoms with Crippen LogP contribution in [0.15, 0.2) is 53.3 Å². The highest BCUT2D eigenvalue weighted by atomic mass is 35.5. The van der Waals surface area contributed by atoms with Crippen LogP contribution in [0.3, 0.4) is 0 Å². The average molecular weight is 387 g/mol. The Morgan fingerprint density at radius 2 is 1.78 bits per heavy atom. The number of carboxylic acids is 1. The Balaban J connectivity index is 1.64. The summed E-state index contributed by atoms with van der Waals surface area (Å²) in [7, 11) is 0. The number of hydrogen-bond donors (Lipinski definition) is 3. The first-order valence-corrected chi connectivity index (χ1v) is 8.35. The van der Waals surface area contributed by atoms with Crippen molar-refractivity contribution < 1.29 is 19.2 Å². The Morgan fingerprint density at radius 1 is 1.07 bits per heavy atom. The minimum Gasteiger partial charge on any atom is -0.477 e. The van der Waals surface area contributed by atoms with Gasteiger partial charge in [0.25, 0.3) is 5.91 Å². The molecule has 0 saturated heterocycles. The Labute approximate surface area is 159 Å². The number of amides is 1. The first-order valence-electron chi connectivity index (χ1n) is 7.97. The fourth-order valence-electron chi connectivity index (χ4n) is 2.37. The van der Waals surface area contributed by atoms with Gasteiger partial charge >= 0.3 is 5.97 Å². The maximum absolute atomic E-state index is 11.9. The molecule has 3 N–H and O–H groups in total. The van der Waals surface area contributed by atoms with Gasteiger partial charge in [-0.25, -0.2) is 4.79 Å². The van der Waals surface area contributed by atoms with Crippen LogP contribution in [0, 0.1) is 0 Å². The van der Waals surface area contributed by atoms with Crippen molar-refractivity contribution in [3.05, 3.63) is 64.9 Å². The van der Waals surface area contributed by atoms with E-state index in [2.05, 4.69) is 20.8 Å². The molecule has 0 fully saturated rings. The molecular weight excluding hydrogens is 372 g/mol. The summed E-state index contributed by atoms with van der Waals surface area (Å²) >= 11 is 5.85. The molecule has 1 amide bonds. The molecule has 9 heteroatoms. The summed E-state index contributed by atoms with van der Waals surface area (Å²) in [6, 6.07) is 9.75. The smallest absolute Gasteiger partial charge is 0.343 e. The third-order valence-corrected chi connectivity index (χ3v) is 3.91. The summed E-state index contributed by atoms with van der Waals surface area (Å²) in [5.74, 6) is -1.21. The highest BCUT2D eigenvalue weighted by Crippen LogP contribution is 2.30. The van der Waals surface area contributed by atoms with Crippen LogP contribution < -0.4 is 10.6 Å². The number of hydrogen-bond acceptors (Lipinski definition) is 6. The van der Waals surface area contributed by atoms with Crippen LogP contribution in [0.4, 0.5) is 5.82 Å². The highest BCUT2D eigenvalue weighted by molar-refractivity contribution is 6.30. The molecule has 0 aliphatic rings. The number of halogens is 1. The van der Waals surface area contributed by atoms with Crippen LogP contribution in [0.2, 0.25) is 5.02 Å². The number of carbonyl (C=O) groups excluding carboxylic acids is 1. The standard InChI is InChI=1S/C18H15ClN4O4/c19-13-3-1-11(2-4-13)15-14(18(25)26)16(23-27-15)21-9-10-22-17(24)12-5-7-20-8-6-12/h1-8H,9-10H2,(H,21,23)(H,22,24)(H,25,26). The monoisotopic (exact) mass is 386 g/mol. The summed E-state index contributed by atoms with van der Waals surface area (Å²) in [6.45, 7) is 0.535. The third kappa shape index (κ3) is 4.42. The van der Waals surface area contributed by atoms with Crippen LogP contribution in [-0.4, -0.2) is 40.2 Å². The summed E-state index contributed by atoms with van der Waals surface area (Å²) < 4.78 is 5.20. The van der Waals surface area contributed by atoms with Crippen LogP contribution in [0.1, 0.15) is 20.7 Å². The van der Waals surface area contributed by atoms with Crippen molar-refractivity contribution in [1.82, 2.24) is 15.5 Å². The fraction of sp³-hybridized carbons (Fsp3) is 0.111. The van der Waals surface area contributed by atoms with Crippen LogP contribution in [-0.2, 0) is 0 Å². The predicted octanol–water partition coefficient (Wildman–Crippen LogP) is 2.93. The summed E-state index contributed by atoms with van der Waals surface area (Å²) in [5.41, 5.74) is 0.948. The van der Waals surface area contributed by atoms with Gasteiger partial charge in [-0.05, 0) is 36.4 Å². The molecule has 138 valence electrons. The summed E-state index contributed by atoms with van der Waals surface area (Å²) in [5, 5.41) is 19.4. The van der Waals surface area contributed by atoms with E-state index in [1.165, 1.54) is 12.4 Å². The number of anilines is 1. The molecule has 0 saturated carbocycles. The highest BCUT2D eigenvalue weighted by Gasteiger charge is 2.23. The number of carbonyl (C=O) groups is 2. The van der Waals surface area contributed by atoms with Crippen LogP contribution in [0.5, 0.6) is 0 Å². The van der Waals surface area contributed by atoms with E-state index in [1.54, 1.807) is 36.4 Å². The maximum Gasteiger partial charge on any atom is 0.343 e. The lowest BCUT2D eigenvalue weighted by Gasteiger charge is -2.06. The molecule has 3 aromatic rings. The van der Waals surface area contributed by atoms with Gasteiger partial charge in [-0.2, -0.15) is 0 Å². The number of aromatic nitrogens is 2. The normalized spacial score (nSPS) is 10.4. The van der Waals surface area contributed by atoms with Gasteiger partial charge in [0.1, 0.15) is 0 Å². The molecule has 0 spiro atoms. The van der Waals surface area contributed by atoms with Gasteiger partial charge in [0.2, 0.25) is 0 Å². The van der Waals surface area contributed by atoms with Gasteiger partial charge in [-0.15, -0.1) is 0 Å². The van der Waals surface area contributed by atoms with E-state index in [0.29, 0.717) is 16.1 Å². The van der Waals surface area contributed by atoms with Crippen molar-refractivity contribution in [3.8, 4) is 11.3 Å². The quantitative estimate of drug-likeness (QED) is 0.534. The van der Waals surface area contributed by atoms with Gasteiger partial charge in [-0.3, -0.25) is 9.78 Å². The van der Waals surface area contributed by atoms with Crippen molar-refractivity contribution in [3.63, 3.8) is 0 Å². The lowest BCUT2D eigenvalue weighted by Crippen LogP contribution is -2.29. The van der Waals surface area contributed by atoms with Crippen molar-refractivity contribution in [2.24, 2.45) is 0 Å². The first-order chi connectivity index (χ1) is 13.1. The number of benzene rings is 1. The zero-order chi connectivity index (χ0) is 19.2. The van der Waals surface area contributed by atoms with Gasteiger partial charge in [0.15, 0.2) is 17.1 Å². The third-order valence-electron chi connectivity index (χ3n) is 3.66. The van der Waals surface area contributed by atoms with Gasteiger partial charge < -0.3 is 20.3 Å². The number of nitrogens with one attached hydrogen (secondary N) is 2. The zero-order valence-corrected chi connectivity index (χ0v) is 14.7. The molecule has 27 heavy (non-hydrogen) atoms. The number of pyridine rings is 1. The van der Waals surface area contributed by atoms with Crippen LogP contribution in [0.25, 0.3) is 11.3 Å². The lowest BCUT2D eigenvalue weighted by atomic mass is 10.1. The zero-order valence-electron chi connectivity index (χ0n) is 14.0. The number of rotatable bonds is 7. The molecule has 3 rings (SSSR count). The molecule has 8 nitrogen and oxygen atoms in total. The van der Waals surface area contributed by atoms with Crippen molar-refractivity contribution in [1.29, 1.82) is 0 Å². The maximum atomic E-state index is 11.9. The Morgan fingerprint density at radius 3 is 2.44 bits per heavy atom.